The summed E-state index contributed by atoms with van der Waals surface area (Å²) in [6.45, 7) is 3.43. The first kappa shape index (κ1) is 20.9. The van der Waals surface area contributed by atoms with Crippen molar-refractivity contribution >= 4 is 46.7 Å². The summed E-state index contributed by atoms with van der Waals surface area (Å²) < 4.78 is 15.3. The van der Waals surface area contributed by atoms with Gasteiger partial charge in [0.2, 0.25) is 11.8 Å². The second-order valence-electron chi connectivity index (χ2n) is 5.50. The van der Waals surface area contributed by atoms with Crippen LogP contribution in [-0.2, 0) is 9.59 Å². The monoisotopic (exact) mass is 413 g/mol. The van der Waals surface area contributed by atoms with Gasteiger partial charge in [-0.15, -0.1) is 11.8 Å². The summed E-state index contributed by atoms with van der Waals surface area (Å²) in [5.74, 6) is 1.26. The number of carbonyl (C=O) groups excluding carboxylic acids is 2. The van der Waals surface area contributed by atoms with E-state index in [-0.39, 0.29) is 17.6 Å². The van der Waals surface area contributed by atoms with Crippen LogP contribution < -0.4 is 20.1 Å². The molecule has 0 bridgehead atoms. The van der Waals surface area contributed by atoms with E-state index in [0.717, 1.165) is 0 Å². The lowest BCUT2D eigenvalue weighted by atomic mass is 10.2. The maximum Gasteiger partial charge on any atom is 0.238 e. The topological polar surface area (TPSA) is 103 Å². The predicted octanol–water partition coefficient (Wildman–Crippen LogP) is 3.35. The van der Waals surface area contributed by atoms with Gasteiger partial charge < -0.3 is 24.6 Å². The van der Waals surface area contributed by atoms with Crippen molar-refractivity contribution < 1.29 is 23.6 Å². The van der Waals surface area contributed by atoms with Crippen LogP contribution in [0.25, 0.3) is 0 Å². The van der Waals surface area contributed by atoms with Crippen LogP contribution in [0.4, 0.5) is 11.5 Å². The fourth-order valence-corrected chi connectivity index (χ4v) is 2.99. The summed E-state index contributed by atoms with van der Waals surface area (Å²) in [5, 5.41) is 8.96. The van der Waals surface area contributed by atoms with Crippen LogP contribution in [0.5, 0.6) is 11.5 Å². The third-order valence-corrected chi connectivity index (χ3v) is 4.90. The number of aryl methyl sites for hydroxylation is 1. The molecule has 0 unspecified atom stereocenters. The normalized spacial score (nSPS) is 11.6. The highest BCUT2D eigenvalue weighted by molar-refractivity contribution is 8.01. The summed E-state index contributed by atoms with van der Waals surface area (Å²) >= 11 is 7.23. The average molecular weight is 414 g/mol. The quantitative estimate of drug-likeness (QED) is 0.683. The van der Waals surface area contributed by atoms with Gasteiger partial charge in [0.15, 0.2) is 5.82 Å². The van der Waals surface area contributed by atoms with Gasteiger partial charge in [0.1, 0.15) is 17.3 Å². The second kappa shape index (κ2) is 9.52. The van der Waals surface area contributed by atoms with Crippen LogP contribution in [0.3, 0.4) is 0 Å². The van der Waals surface area contributed by atoms with Gasteiger partial charge in [-0.3, -0.25) is 9.59 Å². The molecule has 0 aliphatic rings. The van der Waals surface area contributed by atoms with Crippen molar-refractivity contribution in [2.45, 2.75) is 19.1 Å². The average Bonchev–Trinajstić information content (AvgIpc) is 3.05. The lowest BCUT2D eigenvalue weighted by Crippen LogP contribution is -2.25. The molecule has 146 valence electrons. The number of carbonyl (C=O) groups is 2. The van der Waals surface area contributed by atoms with Crippen molar-refractivity contribution in [2.75, 3.05) is 30.6 Å². The molecular weight excluding hydrogens is 394 g/mol. The van der Waals surface area contributed by atoms with E-state index < -0.39 is 5.25 Å². The van der Waals surface area contributed by atoms with Crippen LogP contribution in [0.15, 0.2) is 22.7 Å². The molecule has 10 heteroatoms. The number of amides is 2. The molecule has 0 saturated carbocycles. The van der Waals surface area contributed by atoms with Gasteiger partial charge in [-0.2, -0.15) is 0 Å². The molecule has 1 aromatic carbocycles. The molecule has 2 amide bonds. The van der Waals surface area contributed by atoms with Crippen LogP contribution in [0.1, 0.15) is 12.7 Å². The highest BCUT2D eigenvalue weighted by Gasteiger charge is 2.18. The first-order valence-electron chi connectivity index (χ1n) is 7.91. The van der Waals surface area contributed by atoms with Crippen molar-refractivity contribution in [3.8, 4) is 11.5 Å². The van der Waals surface area contributed by atoms with Gasteiger partial charge in [-0.05, 0) is 13.8 Å². The molecule has 2 rings (SSSR count). The third kappa shape index (κ3) is 5.80. The largest absolute Gasteiger partial charge is 0.495 e. The highest BCUT2D eigenvalue weighted by Crippen LogP contribution is 2.35. The number of nitrogens with one attached hydrogen (secondary N) is 2. The Kier molecular flexibility index (Phi) is 7.37. The summed E-state index contributed by atoms with van der Waals surface area (Å²) in [4.78, 5) is 24.4. The maximum atomic E-state index is 12.2. The molecular formula is C17H20ClN3O5S. The number of hydrogen-bond donors (Lipinski definition) is 2. The van der Waals surface area contributed by atoms with Crippen molar-refractivity contribution in [3.63, 3.8) is 0 Å². The smallest absolute Gasteiger partial charge is 0.238 e. The van der Waals surface area contributed by atoms with E-state index in [1.165, 1.54) is 26.0 Å². The maximum absolute atomic E-state index is 12.2. The molecule has 1 aromatic heterocycles. The van der Waals surface area contributed by atoms with E-state index in [9.17, 15) is 9.59 Å². The Labute approximate surface area is 165 Å². The number of aromatic nitrogens is 1. The van der Waals surface area contributed by atoms with E-state index in [1.54, 1.807) is 32.0 Å². The predicted molar refractivity (Wildman–Crippen MR) is 105 cm³/mol. The zero-order valence-corrected chi connectivity index (χ0v) is 16.9. The van der Waals surface area contributed by atoms with Crippen molar-refractivity contribution in [1.82, 2.24) is 5.16 Å². The molecule has 1 heterocycles. The first-order chi connectivity index (χ1) is 12.8. The molecule has 0 aliphatic heterocycles. The van der Waals surface area contributed by atoms with Gasteiger partial charge in [0.25, 0.3) is 0 Å². The number of benzene rings is 1. The van der Waals surface area contributed by atoms with Crippen molar-refractivity contribution in [3.05, 3.63) is 29.0 Å². The molecule has 8 nitrogen and oxygen atoms in total. The van der Waals surface area contributed by atoms with Gasteiger partial charge in [-0.25, -0.2) is 0 Å². The van der Waals surface area contributed by atoms with Gasteiger partial charge in [0, 0.05) is 18.2 Å². The minimum absolute atomic E-state index is 0.0700. The van der Waals surface area contributed by atoms with E-state index in [0.29, 0.717) is 33.8 Å². The summed E-state index contributed by atoms with van der Waals surface area (Å²) in [7, 11) is 2.95. The highest BCUT2D eigenvalue weighted by atomic mass is 35.5. The number of anilines is 2. The van der Waals surface area contributed by atoms with E-state index in [4.69, 9.17) is 25.6 Å². The molecule has 27 heavy (non-hydrogen) atoms. The fraction of sp³-hybridized carbons (Fsp3) is 0.353. The van der Waals surface area contributed by atoms with Gasteiger partial charge >= 0.3 is 0 Å². The van der Waals surface area contributed by atoms with E-state index in [1.807, 2.05) is 0 Å². The Morgan fingerprint density at radius 3 is 2.52 bits per heavy atom. The molecule has 0 radical (unpaired) electrons. The summed E-state index contributed by atoms with van der Waals surface area (Å²) in [6.07, 6.45) is 0. The third-order valence-electron chi connectivity index (χ3n) is 3.46. The van der Waals surface area contributed by atoms with Crippen LogP contribution >= 0.6 is 23.4 Å². The number of hydrogen-bond acceptors (Lipinski definition) is 7. The Balaban J connectivity index is 1.91. The Hall–Kier alpha value is -2.39. The minimum Gasteiger partial charge on any atom is -0.495 e. The van der Waals surface area contributed by atoms with Crippen LogP contribution in [0.2, 0.25) is 5.02 Å². The summed E-state index contributed by atoms with van der Waals surface area (Å²) in [5.41, 5.74) is 0.430. The Morgan fingerprint density at radius 1 is 1.22 bits per heavy atom. The second-order valence-corrected chi connectivity index (χ2v) is 7.24. The lowest BCUT2D eigenvalue weighted by molar-refractivity contribution is -0.115. The van der Waals surface area contributed by atoms with Gasteiger partial charge in [0.05, 0.1) is 35.9 Å². The molecule has 0 aliphatic carbocycles. The molecule has 2 aromatic rings. The minimum atomic E-state index is -0.464. The number of ether oxygens (including phenoxy) is 2. The molecule has 1 atom stereocenters. The number of halogens is 1. The lowest BCUT2D eigenvalue weighted by Gasteiger charge is -2.14. The molecule has 0 spiro atoms. The molecule has 0 saturated heterocycles. The number of rotatable bonds is 8. The van der Waals surface area contributed by atoms with Crippen molar-refractivity contribution in [1.29, 1.82) is 0 Å². The summed E-state index contributed by atoms with van der Waals surface area (Å²) in [6, 6.07) is 4.74. The Bertz CT molecular complexity index is 827. The standard InChI is InChI=1S/C17H20ClN3O5S/c1-9-5-15(21-26-9)20-17(23)10(2)27-8-16(22)19-12-7-13(24-3)11(18)6-14(12)25-4/h5-7,10H,8H2,1-4H3,(H,19,22)(H,20,21,23)/t10-/m1/s1. The van der Waals surface area contributed by atoms with Crippen LogP contribution in [0, 0.1) is 6.92 Å². The SMILES string of the molecule is COc1cc(NC(=O)CS[C@H](C)C(=O)Nc2cc(C)on2)c(OC)cc1Cl. The molecule has 0 fully saturated rings. The van der Waals surface area contributed by atoms with E-state index >= 15 is 0 Å². The Morgan fingerprint density at radius 2 is 1.93 bits per heavy atom. The zero-order chi connectivity index (χ0) is 20.0. The van der Waals surface area contributed by atoms with Gasteiger partial charge in [-0.1, -0.05) is 16.8 Å². The first-order valence-corrected chi connectivity index (χ1v) is 9.34. The number of methoxy groups -OCH3 is 2. The fourth-order valence-electron chi connectivity index (χ4n) is 2.07. The number of thioether (sulfide) groups is 1. The van der Waals surface area contributed by atoms with Crippen LogP contribution in [-0.4, -0.2) is 42.2 Å². The van der Waals surface area contributed by atoms with E-state index in [2.05, 4.69) is 15.8 Å². The number of nitrogens with zero attached hydrogens (tertiary/aromatic N) is 1. The zero-order valence-electron chi connectivity index (χ0n) is 15.3. The van der Waals surface area contributed by atoms with Crippen molar-refractivity contribution in [2.24, 2.45) is 0 Å². The molecule has 2 N–H and O–H groups in total.